The number of nitrogens with zero attached hydrogens (tertiary/aromatic N) is 1. The van der Waals surface area contributed by atoms with Gasteiger partial charge in [0.1, 0.15) is 0 Å². The van der Waals surface area contributed by atoms with Gasteiger partial charge in [0.05, 0.1) is 13.7 Å². The highest BCUT2D eigenvalue weighted by molar-refractivity contribution is 7.99. The summed E-state index contributed by atoms with van der Waals surface area (Å²) >= 11 is 2.03. The van der Waals surface area contributed by atoms with E-state index in [4.69, 9.17) is 9.47 Å². The number of unbranched alkanes of at least 4 members (excludes halogenated alkanes) is 1. The van der Waals surface area contributed by atoms with Crippen LogP contribution in [0, 0.1) is 0 Å². The van der Waals surface area contributed by atoms with Gasteiger partial charge in [0, 0.05) is 18.2 Å². The van der Waals surface area contributed by atoms with Crippen molar-refractivity contribution in [1.82, 2.24) is 4.90 Å². The Labute approximate surface area is 126 Å². The predicted molar refractivity (Wildman–Crippen MR) is 86.0 cm³/mol. The number of hydrogen-bond donors (Lipinski definition) is 0. The average molecular weight is 295 g/mol. The lowest BCUT2D eigenvalue weighted by molar-refractivity contribution is 0.271. The van der Waals surface area contributed by atoms with Crippen molar-refractivity contribution in [2.45, 2.75) is 26.2 Å². The average Bonchev–Trinajstić information content (AvgIpc) is 3.00. The molecule has 1 fully saturated rings. The highest BCUT2D eigenvalue weighted by Crippen LogP contribution is 2.28. The first-order valence-electron chi connectivity index (χ1n) is 7.43. The Morgan fingerprint density at radius 1 is 1.25 bits per heavy atom. The molecular weight excluding hydrogens is 270 g/mol. The van der Waals surface area contributed by atoms with Crippen LogP contribution in [0.1, 0.15) is 25.3 Å². The summed E-state index contributed by atoms with van der Waals surface area (Å²) in [6.45, 7) is 5.36. The normalized spacial score (nSPS) is 15.5. The Morgan fingerprint density at radius 3 is 2.85 bits per heavy atom. The third kappa shape index (κ3) is 4.60. The monoisotopic (exact) mass is 295 g/mol. The summed E-state index contributed by atoms with van der Waals surface area (Å²) in [6, 6.07) is 6.20. The van der Waals surface area contributed by atoms with Gasteiger partial charge in [-0.25, -0.2) is 0 Å². The fourth-order valence-corrected chi connectivity index (χ4v) is 3.33. The van der Waals surface area contributed by atoms with Gasteiger partial charge in [-0.15, -0.1) is 11.8 Å². The minimum absolute atomic E-state index is 0.767. The number of aryl methyl sites for hydroxylation is 1. The van der Waals surface area contributed by atoms with Crippen molar-refractivity contribution < 1.29 is 9.47 Å². The van der Waals surface area contributed by atoms with Gasteiger partial charge in [0.25, 0.3) is 0 Å². The van der Waals surface area contributed by atoms with E-state index in [-0.39, 0.29) is 0 Å². The molecule has 0 bridgehead atoms. The molecule has 0 spiro atoms. The molecule has 0 atom stereocenters. The standard InChI is InChI=1S/C16H25NO2S/c1-3-14-6-7-15(16(12-14)18-2)19-10-5-4-8-17-9-11-20-13-17/h6-7,12H,3-5,8-11,13H2,1-2H3. The highest BCUT2D eigenvalue weighted by atomic mass is 32.2. The Kier molecular flexibility index (Phi) is 6.54. The molecule has 4 heteroatoms. The van der Waals surface area contributed by atoms with E-state index >= 15 is 0 Å². The molecule has 0 aromatic heterocycles. The summed E-state index contributed by atoms with van der Waals surface area (Å²) in [5.74, 6) is 4.20. The summed E-state index contributed by atoms with van der Waals surface area (Å²) in [6.07, 6.45) is 3.32. The van der Waals surface area contributed by atoms with E-state index in [0.717, 1.165) is 30.9 Å². The summed E-state index contributed by atoms with van der Waals surface area (Å²) in [5.41, 5.74) is 1.28. The van der Waals surface area contributed by atoms with Crippen LogP contribution in [-0.2, 0) is 6.42 Å². The Morgan fingerprint density at radius 2 is 2.15 bits per heavy atom. The van der Waals surface area contributed by atoms with Crippen LogP contribution < -0.4 is 9.47 Å². The second kappa shape index (κ2) is 8.42. The van der Waals surface area contributed by atoms with Crippen LogP contribution >= 0.6 is 11.8 Å². The van der Waals surface area contributed by atoms with E-state index < -0.39 is 0 Å². The zero-order chi connectivity index (χ0) is 14.2. The molecule has 20 heavy (non-hydrogen) atoms. The number of benzene rings is 1. The molecule has 1 heterocycles. The molecule has 1 aliphatic heterocycles. The minimum Gasteiger partial charge on any atom is -0.493 e. The molecule has 0 N–H and O–H groups in total. The maximum atomic E-state index is 5.84. The lowest BCUT2D eigenvalue weighted by Crippen LogP contribution is -2.21. The third-order valence-corrected chi connectivity index (χ3v) is 4.61. The first-order valence-corrected chi connectivity index (χ1v) is 8.58. The van der Waals surface area contributed by atoms with Crippen molar-refractivity contribution in [2.24, 2.45) is 0 Å². The second-order valence-corrected chi connectivity index (χ2v) is 6.12. The summed E-state index contributed by atoms with van der Waals surface area (Å²) in [4.78, 5) is 2.52. The van der Waals surface area contributed by atoms with E-state index in [1.54, 1.807) is 7.11 Å². The van der Waals surface area contributed by atoms with Gasteiger partial charge in [0.15, 0.2) is 11.5 Å². The Balaban J connectivity index is 1.70. The first-order chi connectivity index (χ1) is 9.83. The van der Waals surface area contributed by atoms with Crippen molar-refractivity contribution in [1.29, 1.82) is 0 Å². The van der Waals surface area contributed by atoms with E-state index in [0.29, 0.717) is 0 Å². The molecule has 0 unspecified atom stereocenters. The van der Waals surface area contributed by atoms with E-state index in [1.165, 1.54) is 36.7 Å². The van der Waals surface area contributed by atoms with E-state index in [1.807, 2.05) is 17.8 Å². The molecule has 3 nitrogen and oxygen atoms in total. The SMILES string of the molecule is CCc1ccc(OCCCCN2CCSC2)c(OC)c1. The van der Waals surface area contributed by atoms with Crippen molar-refractivity contribution in [3.63, 3.8) is 0 Å². The lowest BCUT2D eigenvalue weighted by Gasteiger charge is -2.14. The summed E-state index contributed by atoms with van der Waals surface area (Å²) in [7, 11) is 1.70. The highest BCUT2D eigenvalue weighted by Gasteiger charge is 2.10. The molecule has 1 aliphatic rings. The third-order valence-electron chi connectivity index (χ3n) is 3.59. The van der Waals surface area contributed by atoms with Gasteiger partial charge < -0.3 is 9.47 Å². The molecule has 112 valence electrons. The lowest BCUT2D eigenvalue weighted by atomic mass is 10.1. The van der Waals surface area contributed by atoms with Gasteiger partial charge in [-0.05, 0) is 43.5 Å². The molecule has 0 radical (unpaired) electrons. The van der Waals surface area contributed by atoms with Gasteiger partial charge in [-0.2, -0.15) is 0 Å². The van der Waals surface area contributed by atoms with Crippen LogP contribution in [0.15, 0.2) is 18.2 Å². The minimum atomic E-state index is 0.767. The maximum absolute atomic E-state index is 5.84. The van der Waals surface area contributed by atoms with Crippen LogP contribution in [0.25, 0.3) is 0 Å². The molecule has 0 aliphatic carbocycles. The van der Waals surface area contributed by atoms with Crippen LogP contribution in [0.4, 0.5) is 0 Å². The molecule has 1 aromatic rings. The number of ether oxygens (including phenoxy) is 2. The number of thioether (sulfide) groups is 1. The van der Waals surface area contributed by atoms with Gasteiger partial charge >= 0.3 is 0 Å². The van der Waals surface area contributed by atoms with Crippen molar-refractivity contribution in [3.8, 4) is 11.5 Å². The van der Waals surface area contributed by atoms with Crippen LogP contribution in [-0.4, -0.2) is 43.3 Å². The fourth-order valence-electron chi connectivity index (χ4n) is 2.30. The smallest absolute Gasteiger partial charge is 0.161 e. The van der Waals surface area contributed by atoms with Crippen molar-refractivity contribution in [2.75, 3.05) is 38.4 Å². The van der Waals surface area contributed by atoms with E-state index in [9.17, 15) is 0 Å². The molecule has 0 amide bonds. The fraction of sp³-hybridized carbons (Fsp3) is 0.625. The van der Waals surface area contributed by atoms with Crippen LogP contribution in [0.2, 0.25) is 0 Å². The molecule has 1 aromatic carbocycles. The van der Waals surface area contributed by atoms with Crippen molar-refractivity contribution >= 4 is 11.8 Å². The largest absolute Gasteiger partial charge is 0.493 e. The Bertz CT molecular complexity index is 405. The van der Waals surface area contributed by atoms with E-state index in [2.05, 4.69) is 24.0 Å². The van der Waals surface area contributed by atoms with Crippen LogP contribution in [0.3, 0.4) is 0 Å². The second-order valence-electron chi connectivity index (χ2n) is 5.05. The topological polar surface area (TPSA) is 21.7 Å². The maximum Gasteiger partial charge on any atom is 0.161 e. The van der Waals surface area contributed by atoms with Crippen molar-refractivity contribution in [3.05, 3.63) is 23.8 Å². The van der Waals surface area contributed by atoms with Gasteiger partial charge in [0.2, 0.25) is 0 Å². The summed E-state index contributed by atoms with van der Waals surface area (Å²) < 4.78 is 11.2. The first kappa shape index (κ1) is 15.5. The Hall–Kier alpha value is -0.870. The zero-order valence-corrected chi connectivity index (χ0v) is 13.4. The van der Waals surface area contributed by atoms with Gasteiger partial charge in [-0.1, -0.05) is 13.0 Å². The number of methoxy groups -OCH3 is 1. The molecule has 1 saturated heterocycles. The van der Waals surface area contributed by atoms with Crippen LogP contribution in [0.5, 0.6) is 11.5 Å². The quantitative estimate of drug-likeness (QED) is 0.685. The number of hydrogen-bond acceptors (Lipinski definition) is 4. The molecule has 2 rings (SSSR count). The van der Waals surface area contributed by atoms with Gasteiger partial charge in [-0.3, -0.25) is 4.90 Å². The molecular formula is C16H25NO2S. The number of rotatable bonds is 8. The predicted octanol–water partition coefficient (Wildman–Crippen LogP) is 3.42. The molecule has 0 saturated carbocycles. The zero-order valence-electron chi connectivity index (χ0n) is 12.6. The summed E-state index contributed by atoms with van der Waals surface area (Å²) in [5, 5.41) is 0.